The predicted molar refractivity (Wildman–Crippen MR) is 78.7 cm³/mol. The van der Waals surface area contributed by atoms with E-state index in [9.17, 15) is 19.5 Å². The fourth-order valence-corrected chi connectivity index (χ4v) is 4.32. The molecule has 2 fully saturated rings. The summed E-state index contributed by atoms with van der Waals surface area (Å²) >= 11 is 0. The van der Waals surface area contributed by atoms with Gasteiger partial charge >= 0.3 is 5.97 Å². The number of carboxylic acid groups (broad SMARTS) is 1. The van der Waals surface area contributed by atoms with Crippen LogP contribution >= 0.6 is 0 Å². The van der Waals surface area contributed by atoms with Crippen molar-refractivity contribution in [3.63, 3.8) is 0 Å². The summed E-state index contributed by atoms with van der Waals surface area (Å²) in [5, 5.41) is 11.5. The SMILES string of the molecule is CCOC(=O)[C@@H]1CCCN(C(=O)[C@H]2[C@@H](C(=O)[O-])[C@@H]3C=C[C@H]2C3)C1. The molecule has 2 aliphatic carbocycles. The molecule has 2 bridgehead atoms. The van der Waals surface area contributed by atoms with Crippen molar-refractivity contribution < 1.29 is 24.2 Å². The van der Waals surface area contributed by atoms with E-state index in [4.69, 9.17) is 4.74 Å². The number of carbonyl (C=O) groups is 3. The van der Waals surface area contributed by atoms with Crippen molar-refractivity contribution in [1.29, 1.82) is 0 Å². The largest absolute Gasteiger partial charge is 0.550 e. The smallest absolute Gasteiger partial charge is 0.310 e. The minimum Gasteiger partial charge on any atom is -0.550 e. The standard InChI is InChI=1S/C17H23NO5/c1-2-23-17(22)12-4-3-7-18(9-12)15(19)13-10-5-6-11(8-10)14(13)16(20)21/h5-6,10-14H,2-4,7-9H2,1H3,(H,20,21)/p-1/t10-,11+,12+,13+,14-/m0/s1. The Balaban J connectivity index is 1.71. The molecule has 6 heteroatoms. The van der Waals surface area contributed by atoms with Crippen LogP contribution in [0.2, 0.25) is 0 Å². The van der Waals surface area contributed by atoms with Crippen molar-refractivity contribution >= 4 is 17.8 Å². The van der Waals surface area contributed by atoms with Gasteiger partial charge < -0.3 is 19.5 Å². The van der Waals surface area contributed by atoms with Gasteiger partial charge in [-0.2, -0.15) is 0 Å². The Morgan fingerprint density at radius 3 is 2.57 bits per heavy atom. The van der Waals surface area contributed by atoms with Crippen molar-refractivity contribution in [3.8, 4) is 0 Å². The van der Waals surface area contributed by atoms with Crippen LogP contribution in [0.15, 0.2) is 12.2 Å². The molecule has 23 heavy (non-hydrogen) atoms. The first-order valence-electron chi connectivity index (χ1n) is 8.37. The van der Waals surface area contributed by atoms with E-state index >= 15 is 0 Å². The van der Waals surface area contributed by atoms with E-state index in [2.05, 4.69) is 0 Å². The molecule has 0 spiro atoms. The first kappa shape index (κ1) is 16.0. The molecule has 1 saturated carbocycles. The average Bonchev–Trinajstić information content (AvgIpc) is 3.15. The lowest BCUT2D eigenvalue weighted by Gasteiger charge is -2.37. The Labute approximate surface area is 135 Å². The van der Waals surface area contributed by atoms with Crippen LogP contribution in [0.4, 0.5) is 0 Å². The highest BCUT2D eigenvalue weighted by molar-refractivity contribution is 5.87. The normalized spacial score (nSPS) is 35.3. The molecule has 1 aliphatic heterocycles. The molecule has 3 rings (SSSR count). The molecule has 0 aromatic heterocycles. The number of aliphatic carboxylic acids is 1. The number of ether oxygens (including phenoxy) is 1. The van der Waals surface area contributed by atoms with Crippen LogP contribution in [0.5, 0.6) is 0 Å². The van der Waals surface area contributed by atoms with Gasteiger partial charge in [-0.05, 0) is 38.0 Å². The van der Waals surface area contributed by atoms with Gasteiger partial charge in [-0.25, -0.2) is 0 Å². The molecule has 0 aromatic rings. The lowest BCUT2D eigenvalue weighted by atomic mass is 9.81. The van der Waals surface area contributed by atoms with Crippen molar-refractivity contribution in [3.05, 3.63) is 12.2 Å². The number of allylic oxidation sites excluding steroid dienone is 2. The maximum absolute atomic E-state index is 12.9. The summed E-state index contributed by atoms with van der Waals surface area (Å²) in [6.07, 6.45) is 6.02. The molecule has 1 amide bonds. The second-order valence-corrected chi connectivity index (χ2v) is 6.69. The van der Waals surface area contributed by atoms with Gasteiger partial charge in [0, 0.05) is 25.0 Å². The van der Waals surface area contributed by atoms with E-state index in [1.165, 1.54) is 0 Å². The maximum atomic E-state index is 12.9. The number of carboxylic acids is 1. The lowest BCUT2D eigenvalue weighted by molar-refractivity contribution is -0.313. The molecule has 0 N–H and O–H groups in total. The zero-order valence-corrected chi connectivity index (χ0v) is 13.3. The summed E-state index contributed by atoms with van der Waals surface area (Å²) < 4.78 is 5.05. The van der Waals surface area contributed by atoms with Crippen molar-refractivity contribution in [2.45, 2.75) is 26.2 Å². The van der Waals surface area contributed by atoms with Gasteiger partial charge in [0.1, 0.15) is 0 Å². The molecule has 126 valence electrons. The third kappa shape index (κ3) is 2.86. The third-order valence-electron chi connectivity index (χ3n) is 5.37. The molecule has 0 radical (unpaired) electrons. The van der Waals surface area contributed by atoms with E-state index in [0.29, 0.717) is 32.5 Å². The topological polar surface area (TPSA) is 86.7 Å². The predicted octanol–water partition coefficient (Wildman–Crippen LogP) is -0.0237. The van der Waals surface area contributed by atoms with Crippen LogP contribution in [-0.4, -0.2) is 42.4 Å². The summed E-state index contributed by atoms with van der Waals surface area (Å²) in [6.45, 7) is 2.99. The molecule has 6 nitrogen and oxygen atoms in total. The highest BCUT2D eigenvalue weighted by Crippen LogP contribution is 2.48. The number of esters is 1. The zero-order valence-electron chi connectivity index (χ0n) is 13.3. The van der Waals surface area contributed by atoms with Crippen molar-refractivity contribution in [2.24, 2.45) is 29.6 Å². The van der Waals surface area contributed by atoms with Crippen LogP contribution in [0.25, 0.3) is 0 Å². The first-order valence-corrected chi connectivity index (χ1v) is 8.37. The molecule has 1 saturated heterocycles. The van der Waals surface area contributed by atoms with E-state index in [1.54, 1.807) is 11.8 Å². The second kappa shape index (κ2) is 6.34. The van der Waals surface area contributed by atoms with Crippen LogP contribution < -0.4 is 5.11 Å². The second-order valence-electron chi connectivity index (χ2n) is 6.69. The number of likely N-dealkylation sites (tertiary alicyclic amines) is 1. The monoisotopic (exact) mass is 320 g/mol. The third-order valence-corrected chi connectivity index (χ3v) is 5.37. The van der Waals surface area contributed by atoms with Gasteiger partial charge in [-0.3, -0.25) is 9.59 Å². The van der Waals surface area contributed by atoms with Gasteiger partial charge in [-0.1, -0.05) is 12.2 Å². The Morgan fingerprint density at radius 1 is 1.22 bits per heavy atom. The summed E-state index contributed by atoms with van der Waals surface area (Å²) in [4.78, 5) is 37.9. The lowest BCUT2D eigenvalue weighted by Crippen LogP contribution is -2.50. The first-order chi connectivity index (χ1) is 11.0. The molecular weight excluding hydrogens is 298 g/mol. The molecule has 1 heterocycles. The summed E-state index contributed by atoms with van der Waals surface area (Å²) in [5.41, 5.74) is 0. The van der Waals surface area contributed by atoms with Crippen LogP contribution in [0, 0.1) is 29.6 Å². The minimum absolute atomic E-state index is 0.0154. The highest BCUT2D eigenvalue weighted by atomic mass is 16.5. The average molecular weight is 320 g/mol. The van der Waals surface area contributed by atoms with E-state index in [1.807, 2.05) is 12.2 Å². The Morgan fingerprint density at radius 2 is 1.91 bits per heavy atom. The number of hydrogen-bond donors (Lipinski definition) is 0. The Hall–Kier alpha value is -1.85. The van der Waals surface area contributed by atoms with Gasteiger partial charge in [0.25, 0.3) is 0 Å². The number of hydrogen-bond acceptors (Lipinski definition) is 5. The fourth-order valence-electron chi connectivity index (χ4n) is 4.32. The zero-order chi connectivity index (χ0) is 16.6. The number of rotatable bonds is 4. The molecule has 3 aliphatic rings. The molecule has 5 atom stereocenters. The molecular formula is C17H22NO5-. The number of amides is 1. The maximum Gasteiger partial charge on any atom is 0.310 e. The van der Waals surface area contributed by atoms with E-state index in [-0.39, 0.29) is 29.6 Å². The summed E-state index contributed by atoms with van der Waals surface area (Å²) in [5.74, 6) is -3.25. The fraction of sp³-hybridized carbons (Fsp3) is 0.706. The van der Waals surface area contributed by atoms with Crippen LogP contribution in [0.3, 0.4) is 0 Å². The number of nitrogens with zero attached hydrogens (tertiary/aromatic N) is 1. The van der Waals surface area contributed by atoms with E-state index < -0.39 is 17.8 Å². The van der Waals surface area contributed by atoms with Crippen molar-refractivity contribution in [2.75, 3.05) is 19.7 Å². The van der Waals surface area contributed by atoms with Crippen LogP contribution in [0.1, 0.15) is 26.2 Å². The number of carbonyl (C=O) groups excluding carboxylic acids is 3. The quantitative estimate of drug-likeness (QED) is 0.536. The summed E-state index contributed by atoms with van der Waals surface area (Å²) in [7, 11) is 0. The van der Waals surface area contributed by atoms with Gasteiger partial charge in [0.15, 0.2) is 0 Å². The van der Waals surface area contributed by atoms with Gasteiger partial charge in [-0.15, -0.1) is 0 Å². The molecule has 0 aromatic carbocycles. The van der Waals surface area contributed by atoms with Crippen LogP contribution in [-0.2, 0) is 19.1 Å². The number of piperidine rings is 1. The summed E-state index contributed by atoms with van der Waals surface area (Å²) in [6, 6.07) is 0. The van der Waals surface area contributed by atoms with Crippen molar-refractivity contribution in [1.82, 2.24) is 4.90 Å². The highest BCUT2D eigenvalue weighted by Gasteiger charge is 2.50. The Kier molecular flexibility index (Phi) is 4.41. The Bertz CT molecular complexity index is 543. The minimum atomic E-state index is -1.14. The molecule has 0 unspecified atom stereocenters. The van der Waals surface area contributed by atoms with E-state index in [0.717, 1.165) is 6.42 Å². The van der Waals surface area contributed by atoms with Gasteiger partial charge in [0.05, 0.1) is 18.4 Å². The van der Waals surface area contributed by atoms with Gasteiger partial charge in [0.2, 0.25) is 5.91 Å². The number of fused-ring (bicyclic) bond motifs is 2.